The highest BCUT2D eigenvalue weighted by molar-refractivity contribution is 6.31. The number of hydrogen-bond acceptors (Lipinski definition) is 6. The van der Waals surface area contributed by atoms with Crippen molar-refractivity contribution in [3.63, 3.8) is 0 Å². The molecule has 0 unspecified atom stereocenters. The minimum Gasteiger partial charge on any atom is -0.496 e. The normalized spacial score (nSPS) is 10.2. The lowest BCUT2D eigenvalue weighted by Crippen LogP contribution is -2.11. The van der Waals surface area contributed by atoms with Gasteiger partial charge in [-0.15, -0.1) is 0 Å². The van der Waals surface area contributed by atoms with E-state index < -0.39 is 0 Å². The average molecular weight is 294 g/mol. The maximum Gasteiger partial charge on any atom is 0.145 e. The molecule has 2 aromatic rings. The number of hydrogen-bond donors (Lipinski definition) is 3. The molecule has 0 radical (unpaired) electrons. The van der Waals surface area contributed by atoms with Gasteiger partial charge in [-0.3, -0.25) is 0 Å². The van der Waals surface area contributed by atoms with Gasteiger partial charge in [-0.2, -0.15) is 0 Å². The molecule has 0 aliphatic heterocycles. The molecule has 1 aromatic heterocycles. The molecule has 20 heavy (non-hydrogen) atoms. The first kappa shape index (κ1) is 14.4. The number of nitrogens with two attached hydrogens (primary N) is 1. The van der Waals surface area contributed by atoms with Crippen molar-refractivity contribution in [1.29, 1.82) is 0 Å². The van der Waals surface area contributed by atoms with Crippen LogP contribution in [0.25, 0.3) is 0 Å². The monoisotopic (exact) mass is 293 g/mol. The van der Waals surface area contributed by atoms with E-state index in [1.807, 2.05) is 18.2 Å². The smallest absolute Gasteiger partial charge is 0.145 e. The number of hydrazine groups is 1. The van der Waals surface area contributed by atoms with Crippen LogP contribution in [0.3, 0.4) is 0 Å². The number of methoxy groups -OCH3 is 1. The Hall–Kier alpha value is -2.05. The molecule has 2 rings (SSSR count). The van der Waals surface area contributed by atoms with Gasteiger partial charge in [0.2, 0.25) is 0 Å². The highest BCUT2D eigenvalue weighted by Gasteiger charge is 2.08. The van der Waals surface area contributed by atoms with Gasteiger partial charge >= 0.3 is 0 Å². The Morgan fingerprint density at radius 1 is 1.30 bits per heavy atom. The summed E-state index contributed by atoms with van der Waals surface area (Å²) in [5, 5.41) is 3.82. The summed E-state index contributed by atoms with van der Waals surface area (Å²) in [5.41, 5.74) is 3.37. The fraction of sp³-hybridized carbons (Fsp3) is 0.231. The number of aryl methyl sites for hydroxylation is 1. The van der Waals surface area contributed by atoms with Crippen LogP contribution < -0.4 is 21.3 Å². The summed E-state index contributed by atoms with van der Waals surface area (Å²) in [5.74, 6) is 7.91. The van der Waals surface area contributed by atoms with E-state index >= 15 is 0 Å². The van der Waals surface area contributed by atoms with E-state index in [0.29, 0.717) is 29.0 Å². The van der Waals surface area contributed by atoms with E-state index in [9.17, 15) is 0 Å². The topological polar surface area (TPSA) is 85.1 Å². The van der Waals surface area contributed by atoms with Gasteiger partial charge in [-0.1, -0.05) is 17.7 Å². The van der Waals surface area contributed by atoms with Crippen molar-refractivity contribution >= 4 is 23.2 Å². The van der Waals surface area contributed by atoms with Gasteiger partial charge in [-0.05, 0) is 19.1 Å². The molecule has 0 atom stereocenters. The molecule has 0 bridgehead atoms. The van der Waals surface area contributed by atoms with Gasteiger partial charge in [0, 0.05) is 23.2 Å². The van der Waals surface area contributed by atoms with E-state index in [2.05, 4.69) is 20.7 Å². The van der Waals surface area contributed by atoms with E-state index in [0.717, 1.165) is 11.3 Å². The predicted molar refractivity (Wildman–Crippen MR) is 79.9 cm³/mol. The number of aromatic nitrogens is 2. The zero-order chi connectivity index (χ0) is 14.5. The Balaban J connectivity index is 2.19. The largest absolute Gasteiger partial charge is 0.496 e. The lowest BCUT2D eigenvalue weighted by molar-refractivity contribution is 0.410. The molecule has 0 amide bonds. The van der Waals surface area contributed by atoms with Crippen molar-refractivity contribution in [3.8, 4) is 5.75 Å². The second-order valence-electron chi connectivity index (χ2n) is 4.10. The molecule has 0 saturated heterocycles. The number of nitrogens with one attached hydrogen (secondary N) is 2. The van der Waals surface area contributed by atoms with Gasteiger partial charge < -0.3 is 15.5 Å². The first-order chi connectivity index (χ1) is 9.63. The van der Waals surface area contributed by atoms with Gasteiger partial charge in [0.1, 0.15) is 23.2 Å². The molecule has 0 spiro atoms. The number of anilines is 2. The summed E-state index contributed by atoms with van der Waals surface area (Å²) in [7, 11) is 1.61. The van der Waals surface area contributed by atoms with E-state index in [-0.39, 0.29) is 0 Å². The molecule has 0 saturated carbocycles. The van der Waals surface area contributed by atoms with Crippen LogP contribution in [0.5, 0.6) is 5.75 Å². The van der Waals surface area contributed by atoms with Gasteiger partial charge in [-0.25, -0.2) is 15.8 Å². The maximum atomic E-state index is 6.18. The van der Waals surface area contributed by atoms with E-state index in [4.69, 9.17) is 22.2 Å². The molecule has 106 valence electrons. The van der Waals surface area contributed by atoms with Gasteiger partial charge in [0.15, 0.2) is 0 Å². The van der Waals surface area contributed by atoms with Crippen molar-refractivity contribution < 1.29 is 4.74 Å². The Kier molecular flexibility index (Phi) is 4.60. The highest BCUT2D eigenvalue weighted by atomic mass is 35.5. The summed E-state index contributed by atoms with van der Waals surface area (Å²) in [6.45, 7) is 2.28. The van der Waals surface area contributed by atoms with Crippen LogP contribution in [0.4, 0.5) is 11.6 Å². The number of halogens is 1. The van der Waals surface area contributed by atoms with Crippen LogP contribution in [0.15, 0.2) is 24.3 Å². The molecule has 1 heterocycles. The van der Waals surface area contributed by atoms with Crippen molar-refractivity contribution in [2.75, 3.05) is 17.9 Å². The average Bonchev–Trinajstić information content (AvgIpc) is 2.45. The molecule has 1 aromatic carbocycles. The molecule has 4 N–H and O–H groups in total. The summed E-state index contributed by atoms with van der Waals surface area (Å²) in [4.78, 5) is 8.40. The van der Waals surface area contributed by atoms with Crippen LogP contribution in [0.1, 0.15) is 11.4 Å². The molecular weight excluding hydrogens is 278 g/mol. The van der Waals surface area contributed by atoms with Crippen LogP contribution in [0.2, 0.25) is 5.02 Å². The molecule has 0 aliphatic carbocycles. The van der Waals surface area contributed by atoms with Crippen LogP contribution >= 0.6 is 11.6 Å². The van der Waals surface area contributed by atoms with E-state index in [1.165, 1.54) is 0 Å². The molecule has 0 fully saturated rings. The zero-order valence-corrected chi connectivity index (χ0v) is 12.0. The van der Waals surface area contributed by atoms with Gasteiger partial charge in [0.25, 0.3) is 0 Å². The summed E-state index contributed by atoms with van der Waals surface area (Å²) >= 11 is 6.18. The molecule has 0 aliphatic rings. The minimum absolute atomic E-state index is 0.489. The van der Waals surface area contributed by atoms with Gasteiger partial charge in [0.05, 0.1) is 7.11 Å². The first-order valence-electron chi connectivity index (χ1n) is 6.01. The second kappa shape index (κ2) is 6.40. The Morgan fingerprint density at radius 3 is 2.75 bits per heavy atom. The first-order valence-corrected chi connectivity index (χ1v) is 6.39. The summed E-state index contributed by atoms with van der Waals surface area (Å²) in [6, 6.07) is 7.24. The van der Waals surface area contributed by atoms with Crippen LogP contribution in [-0.2, 0) is 6.54 Å². The molecule has 6 nitrogen and oxygen atoms in total. The number of ether oxygens (including phenoxy) is 1. The lowest BCUT2D eigenvalue weighted by Gasteiger charge is -2.12. The maximum absolute atomic E-state index is 6.18. The van der Waals surface area contributed by atoms with E-state index in [1.54, 1.807) is 20.1 Å². The Bertz CT molecular complexity index is 605. The number of nitrogens with zero attached hydrogens (tertiary/aromatic N) is 2. The number of nitrogen functional groups attached to an aromatic ring is 1. The lowest BCUT2D eigenvalue weighted by atomic mass is 10.2. The van der Waals surface area contributed by atoms with Crippen molar-refractivity contribution in [1.82, 2.24) is 9.97 Å². The minimum atomic E-state index is 0.489. The SMILES string of the molecule is COc1cccc(Cl)c1CNc1cc(NN)nc(C)n1. The predicted octanol–water partition coefficient (Wildman–Crippen LogP) is 2.34. The van der Waals surface area contributed by atoms with Crippen molar-refractivity contribution in [2.45, 2.75) is 13.5 Å². The van der Waals surface area contributed by atoms with Crippen molar-refractivity contribution in [2.24, 2.45) is 5.84 Å². The zero-order valence-electron chi connectivity index (χ0n) is 11.3. The number of rotatable bonds is 5. The van der Waals surface area contributed by atoms with Crippen molar-refractivity contribution in [3.05, 3.63) is 40.7 Å². The summed E-state index contributed by atoms with van der Waals surface area (Å²) < 4.78 is 5.29. The number of benzene rings is 1. The molecule has 7 heteroatoms. The van der Waals surface area contributed by atoms with Crippen LogP contribution in [0, 0.1) is 6.92 Å². The Morgan fingerprint density at radius 2 is 2.05 bits per heavy atom. The third kappa shape index (κ3) is 3.28. The standard InChI is InChI=1S/C13H16ClN5O/c1-8-17-12(6-13(18-8)19-15)16-7-9-10(14)4-3-5-11(9)20-2/h3-6H,7,15H2,1-2H3,(H2,16,17,18,19). The molecular formula is C13H16ClN5O. The third-order valence-corrected chi connectivity index (χ3v) is 3.08. The second-order valence-corrected chi connectivity index (χ2v) is 4.51. The fourth-order valence-electron chi connectivity index (χ4n) is 1.81. The third-order valence-electron chi connectivity index (χ3n) is 2.73. The highest BCUT2D eigenvalue weighted by Crippen LogP contribution is 2.27. The fourth-order valence-corrected chi connectivity index (χ4v) is 2.05. The van der Waals surface area contributed by atoms with Crippen LogP contribution in [-0.4, -0.2) is 17.1 Å². The summed E-state index contributed by atoms with van der Waals surface area (Å²) in [6.07, 6.45) is 0. The Labute approximate surface area is 122 Å². The quantitative estimate of drug-likeness (QED) is 0.579.